The predicted octanol–water partition coefficient (Wildman–Crippen LogP) is 3.45. The monoisotopic (exact) mass is 421 g/mol. The van der Waals surface area contributed by atoms with Gasteiger partial charge in [0.05, 0.1) is 11.2 Å². The Hall–Kier alpha value is -2.93. The Bertz CT molecular complexity index is 1170. The van der Waals surface area contributed by atoms with Gasteiger partial charge in [0.25, 0.3) is 0 Å². The van der Waals surface area contributed by atoms with E-state index in [9.17, 15) is 9.90 Å². The summed E-state index contributed by atoms with van der Waals surface area (Å²) in [6, 6.07) is 9.11. The Morgan fingerprint density at radius 2 is 1.74 bits per heavy atom. The summed E-state index contributed by atoms with van der Waals surface area (Å²) in [4.78, 5) is 14.3. The van der Waals surface area contributed by atoms with Crippen molar-refractivity contribution in [2.24, 2.45) is 7.05 Å². The molecule has 1 fully saturated rings. The topological polar surface area (TPSA) is 83.3 Å². The van der Waals surface area contributed by atoms with E-state index in [0.717, 1.165) is 18.7 Å². The molecule has 0 unspecified atom stereocenters. The maximum Gasteiger partial charge on any atom is 0.189 e. The second kappa shape index (κ2) is 7.34. The van der Waals surface area contributed by atoms with Gasteiger partial charge in [0.2, 0.25) is 0 Å². The van der Waals surface area contributed by atoms with Crippen LogP contribution >= 0.6 is 0 Å². The smallest absolute Gasteiger partial charge is 0.189 e. The van der Waals surface area contributed by atoms with Crippen LogP contribution in [0.1, 0.15) is 40.5 Å². The molecule has 31 heavy (non-hydrogen) atoms. The summed E-state index contributed by atoms with van der Waals surface area (Å²) < 4.78 is 1.74. The maximum absolute atomic E-state index is 12.1. The molecule has 0 saturated carbocycles. The van der Waals surface area contributed by atoms with E-state index in [0.29, 0.717) is 28.2 Å². The van der Waals surface area contributed by atoms with E-state index >= 15 is 0 Å². The fourth-order valence-corrected chi connectivity index (χ4v) is 5.07. The first-order chi connectivity index (χ1) is 14.5. The van der Waals surface area contributed by atoms with Crippen molar-refractivity contribution in [3.63, 3.8) is 0 Å². The summed E-state index contributed by atoms with van der Waals surface area (Å²) in [5, 5.41) is 23.9. The molecule has 3 heterocycles. The molecule has 0 bridgehead atoms. The Kier molecular flexibility index (Phi) is 5.04. The molecule has 0 amide bonds. The van der Waals surface area contributed by atoms with Crippen LogP contribution in [0.4, 0.5) is 5.82 Å². The molecule has 7 heteroatoms. The zero-order chi connectivity index (χ0) is 22.6. The number of phenolic OH excluding ortho intramolecular Hbond substituents is 1. The van der Waals surface area contributed by atoms with Crippen molar-refractivity contribution >= 4 is 16.7 Å². The van der Waals surface area contributed by atoms with Crippen LogP contribution in [0, 0.1) is 0 Å². The van der Waals surface area contributed by atoms with E-state index in [1.54, 1.807) is 29.9 Å². The third-order valence-corrected chi connectivity index (χ3v) is 6.22. The SMILES string of the molecule is CN(c1ccc(-c2ccc3c(=O)ccn(C)c3c2O)nn1)C1CC(C)(C)NC(C)(C)C1. The van der Waals surface area contributed by atoms with Gasteiger partial charge in [-0.05, 0) is 64.8 Å². The number of nitrogens with zero attached hydrogens (tertiary/aromatic N) is 4. The fourth-order valence-electron chi connectivity index (χ4n) is 5.07. The number of fused-ring (bicyclic) bond motifs is 1. The van der Waals surface area contributed by atoms with Gasteiger partial charge in [0.1, 0.15) is 5.75 Å². The molecule has 1 saturated heterocycles. The van der Waals surface area contributed by atoms with E-state index in [4.69, 9.17) is 0 Å². The molecule has 1 aliphatic heterocycles. The summed E-state index contributed by atoms with van der Waals surface area (Å²) >= 11 is 0. The molecule has 0 aliphatic carbocycles. The predicted molar refractivity (Wildman–Crippen MR) is 125 cm³/mol. The number of anilines is 1. The van der Waals surface area contributed by atoms with E-state index in [2.05, 4.69) is 55.2 Å². The Morgan fingerprint density at radius 1 is 1.06 bits per heavy atom. The van der Waals surface area contributed by atoms with E-state index in [-0.39, 0.29) is 22.3 Å². The summed E-state index contributed by atoms with van der Waals surface area (Å²) in [7, 11) is 3.87. The minimum atomic E-state index is -0.120. The van der Waals surface area contributed by atoms with Crippen LogP contribution in [0.5, 0.6) is 5.75 Å². The van der Waals surface area contributed by atoms with Gasteiger partial charge in [0.15, 0.2) is 11.2 Å². The van der Waals surface area contributed by atoms with Crippen LogP contribution in [-0.2, 0) is 7.05 Å². The lowest BCUT2D eigenvalue weighted by molar-refractivity contribution is 0.160. The first kappa shape index (κ1) is 21.3. The molecule has 3 aromatic rings. The normalized spacial score (nSPS) is 18.3. The summed E-state index contributed by atoms with van der Waals surface area (Å²) in [5.41, 5.74) is 1.58. The molecule has 1 aliphatic rings. The fraction of sp³-hybridized carbons (Fsp3) is 0.458. The lowest BCUT2D eigenvalue weighted by Crippen LogP contribution is -2.62. The number of benzene rings is 1. The minimum absolute atomic E-state index is 0.0370. The van der Waals surface area contributed by atoms with Gasteiger partial charge in [-0.2, -0.15) is 0 Å². The minimum Gasteiger partial charge on any atom is -0.505 e. The second-order valence-electron chi connectivity index (χ2n) is 9.99. The first-order valence-corrected chi connectivity index (χ1v) is 10.6. The molecule has 164 valence electrons. The average molecular weight is 422 g/mol. The summed E-state index contributed by atoms with van der Waals surface area (Å²) in [5.74, 6) is 0.838. The number of aryl methyl sites for hydroxylation is 1. The maximum atomic E-state index is 12.1. The molecule has 7 nitrogen and oxygen atoms in total. The van der Waals surface area contributed by atoms with Crippen LogP contribution in [0.25, 0.3) is 22.2 Å². The van der Waals surface area contributed by atoms with Gasteiger partial charge >= 0.3 is 0 Å². The Balaban J connectivity index is 1.65. The number of nitrogens with one attached hydrogen (secondary N) is 1. The van der Waals surface area contributed by atoms with Crippen molar-refractivity contribution in [3.05, 3.63) is 46.8 Å². The number of rotatable bonds is 3. The third kappa shape index (κ3) is 4.02. The van der Waals surface area contributed by atoms with E-state index in [1.807, 2.05) is 12.1 Å². The second-order valence-corrected chi connectivity index (χ2v) is 9.99. The van der Waals surface area contributed by atoms with Crippen LogP contribution in [-0.4, -0.2) is 44.0 Å². The number of phenols is 1. The van der Waals surface area contributed by atoms with E-state index < -0.39 is 0 Å². The summed E-state index contributed by atoms with van der Waals surface area (Å²) in [6.45, 7) is 8.94. The zero-order valence-corrected chi connectivity index (χ0v) is 19.1. The van der Waals surface area contributed by atoms with E-state index in [1.165, 1.54) is 6.07 Å². The van der Waals surface area contributed by atoms with Crippen LogP contribution in [0.15, 0.2) is 41.3 Å². The highest BCUT2D eigenvalue weighted by molar-refractivity contribution is 5.91. The average Bonchev–Trinajstić information content (AvgIpc) is 2.68. The molecular weight excluding hydrogens is 390 g/mol. The van der Waals surface area contributed by atoms with Gasteiger partial charge < -0.3 is 19.9 Å². The lowest BCUT2D eigenvalue weighted by atomic mass is 9.79. The highest BCUT2D eigenvalue weighted by Gasteiger charge is 2.39. The number of hydrogen-bond donors (Lipinski definition) is 2. The van der Waals surface area contributed by atoms with Gasteiger partial charge in [-0.1, -0.05) is 0 Å². The molecule has 4 rings (SSSR count). The van der Waals surface area contributed by atoms with Gasteiger partial charge in [-0.3, -0.25) is 4.79 Å². The number of hydrogen-bond acceptors (Lipinski definition) is 6. The number of aromatic nitrogens is 3. The van der Waals surface area contributed by atoms with Crippen molar-refractivity contribution < 1.29 is 5.11 Å². The molecule has 2 N–H and O–H groups in total. The molecule has 2 aromatic heterocycles. The van der Waals surface area contributed by atoms with Crippen LogP contribution < -0.4 is 15.6 Å². The zero-order valence-electron chi connectivity index (χ0n) is 19.1. The van der Waals surface area contributed by atoms with Crippen LogP contribution in [0.2, 0.25) is 0 Å². The van der Waals surface area contributed by atoms with Crippen molar-refractivity contribution in [2.45, 2.75) is 57.7 Å². The quantitative estimate of drug-likeness (QED) is 0.674. The number of aromatic hydroxyl groups is 1. The van der Waals surface area contributed by atoms with Crippen molar-refractivity contribution in [2.75, 3.05) is 11.9 Å². The van der Waals surface area contributed by atoms with Crippen molar-refractivity contribution in [1.29, 1.82) is 0 Å². The summed E-state index contributed by atoms with van der Waals surface area (Å²) in [6.07, 6.45) is 3.67. The van der Waals surface area contributed by atoms with Crippen molar-refractivity contribution in [1.82, 2.24) is 20.1 Å². The highest BCUT2D eigenvalue weighted by atomic mass is 16.3. The molecule has 1 aromatic carbocycles. The third-order valence-electron chi connectivity index (χ3n) is 6.22. The van der Waals surface area contributed by atoms with Gasteiger partial charge in [-0.15, -0.1) is 10.2 Å². The number of pyridine rings is 1. The number of piperidine rings is 1. The molecule has 0 radical (unpaired) electrons. The Morgan fingerprint density at radius 3 is 2.35 bits per heavy atom. The highest BCUT2D eigenvalue weighted by Crippen LogP contribution is 2.35. The van der Waals surface area contributed by atoms with Crippen molar-refractivity contribution in [3.8, 4) is 17.0 Å². The van der Waals surface area contributed by atoms with Gasteiger partial charge in [0, 0.05) is 54.4 Å². The largest absolute Gasteiger partial charge is 0.505 e. The first-order valence-electron chi connectivity index (χ1n) is 10.6. The molecule has 0 spiro atoms. The Labute approximate surface area is 182 Å². The molecule has 0 atom stereocenters. The van der Waals surface area contributed by atoms with Gasteiger partial charge in [-0.25, -0.2) is 0 Å². The molecular formula is C24H31N5O2. The lowest BCUT2D eigenvalue weighted by Gasteiger charge is -2.49. The standard InChI is InChI=1S/C24H31N5O2/c1-23(2)13-15(14-24(3,4)27-23)29(6)20-10-9-18(25-26-20)16-7-8-17-19(30)11-12-28(5)21(17)22(16)31/h7-12,15,27,31H,13-14H2,1-6H3. The van der Waals surface area contributed by atoms with Crippen LogP contribution in [0.3, 0.4) is 0 Å².